The molecule has 0 amide bonds. The van der Waals surface area contributed by atoms with Crippen molar-refractivity contribution < 1.29 is 4.79 Å². The minimum Gasteiger partial charge on any atom is -0.306 e. The third kappa shape index (κ3) is 5.97. The van der Waals surface area contributed by atoms with Crippen LogP contribution in [-0.4, -0.2) is 36.3 Å². The van der Waals surface area contributed by atoms with E-state index in [9.17, 15) is 4.79 Å². The Bertz CT molecular complexity index is 676. The zero-order valence-corrected chi connectivity index (χ0v) is 14.5. The summed E-state index contributed by atoms with van der Waals surface area (Å²) >= 11 is 1.33. The molecule has 1 aliphatic heterocycles. The number of hydrogen-bond acceptors (Lipinski definition) is 4. The molecule has 0 saturated carbocycles. The van der Waals surface area contributed by atoms with E-state index in [1.54, 1.807) is 0 Å². The molecule has 0 unspecified atom stereocenters. The van der Waals surface area contributed by atoms with E-state index in [1.807, 2.05) is 37.3 Å². The molecule has 3 rings (SSSR count). The van der Waals surface area contributed by atoms with E-state index in [0.29, 0.717) is 9.88 Å². The average Bonchev–Trinajstić information content (AvgIpc) is 2.95. The molecule has 0 aliphatic carbocycles. The van der Waals surface area contributed by atoms with Gasteiger partial charge >= 0.3 is 0 Å². The smallest absolute Gasteiger partial charge is 0.168 e. The van der Waals surface area contributed by atoms with Crippen molar-refractivity contribution in [3.63, 3.8) is 0 Å². The van der Waals surface area contributed by atoms with Gasteiger partial charge in [-0.05, 0) is 58.0 Å². The van der Waals surface area contributed by atoms with Crippen molar-refractivity contribution in [3.8, 4) is 11.8 Å². The number of aldehydes is 1. The van der Waals surface area contributed by atoms with Crippen molar-refractivity contribution in [2.24, 2.45) is 0 Å². The molecule has 2 aromatic rings. The summed E-state index contributed by atoms with van der Waals surface area (Å²) in [6, 6.07) is 9.70. The molecular weight excluding hydrogens is 304 g/mol. The topological polar surface area (TPSA) is 33.2 Å². The zero-order valence-electron chi connectivity index (χ0n) is 13.7. The molecule has 1 fully saturated rings. The maximum absolute atomic E-state index is 10.6. The van der Waals surface area contributed by atoms with Crippen LogP contribution in [0.5, 0.6) is 0 Å². The molecule has 0 radical (unpaired) electrons. The summed E-state index contributed by atoms with van der Waals surface area (Å²) in [5, 5.41) is 0.684. The number of hydrogen-bond donors (Lipinski definition) is 0. The molecule has 23 heavy (non-hydrogen) atoms. The predicted molar refractivity (Wildman–Crippen MR) is 96.0 cm³/mol. The fourth-order valence-corrected chi connectivity index (χ4v) is 3.00. The van der Waals surface area contributed by atoms with Gasteiger partial charge in [0.05, 0.1) is 10.6 Å². The van der Waals surface area contributed by atoms with E-state index in [4.69, 9.17) is 0 Å². The molecule has 120 valence electrons. The van der Waals surface area contributed by atoms with Gasteiger partial charge in [-0.25, -0.2) is 4.98 Å². The number of aromatic nitrogens is 1. The van der Waals surface area contributed by atoms with Crippen molar-refractivity contribution in [1.82, 2.24) is 9.88 Å². The van der Waals surface area contributed by atoms with E-state index in [0.717, 1.165) is 17.5 Å². The largest absolute Gasteiger partial charge is 0.306 e. The Morgan fingerprint density at radius 1 is 1.13 bits per heavy atom. The van der Waals surface area contributed by atoms with Crippen molar-refractivity contribution in [2.75, 3.05) is 20.1 Å². The van der Waals surface area contributed by atoms with Crippen LogP contribution in [0.1, 0.15) is 45.2 Å². The van der Waals surface area contributed by atoms with Crippen LogP contribution in [0.15, 0.2) is 30.3 Å². The summed E-state index contributed by atoms with van der Waals surface area (Å²) in [6.07, 6.45) is 5.10. The summed E-state index contributed by atoms with van der Waals surface area (Å²) in [4.78, 5) is 17.9. The number of benzene rings is 1. The molecule has 1 aliphatic rings. The van der Waals surface area contributed by atoms with Crippen LogP contribution in [0.4, 0.5) is 0 Å². The van der Waals surface area contributed by atoms with Gasteiger partial charge in [-0.15, -0.1) is 11.3 Å². The highest BCUT2D eigenvalue weighted by Gasteiger charge is 2.03. The molecule has 0 bridgehead atoms. The number of rotatable bonds is 1. The number of likely N-dealkylation sites (tertiary alicyclic amines) is 1. The van der Waals surface area contributed by atoms with Gasteiger partial charge in [-0.2, -0.15) is 0 Å². The van der Waals surface area contributed by atoms with Crippen molar-refractivity contribution >= 4 is 17.6 Å². The molecule has 1 aromatic heterocycles. The molecule has 4 heteroatoms. The van der Waals surface area contributed by atoms with Gasteiger partial charge in [0.1, 0.15) is 0 Å². The van der Waals surface area contributed by atoms with Crippen LogP contribution in [-0.2, 0) is 0 Å². The second kappa shape index (κ2) is 9.24. The first-order valence-electron chi connectivity index (χ1n) is 7.87. The summed E-state index contributed by atoms with van der Waals surface area (Å²) < 4.78 is 0. The lowest BCUT2D eigenvalue weighted by Crippen LogP contribution is -2.24. The van der Waals surface area contributed by atoms with Gasteiger partial charge in [0, 0.05) is 5.56 Å². The Kier molecular flexibility index (Phi) is 6.99. The second-order valence-electron chi connectivity index (χ2n) is 5.57. The minimum absolute atomic E-state index is 0.650. The maximum Gasteiger partial charge on any atom is 0.168 e. The van der Waals surface area contributed by atoms with E-state index >= 15 is 0 Å². The number of thiazole rings is 1. The highest BCUT2D eigenvalue weighted by molar-refractivity contribution is 7.13. The quantitative estimate of drug-likeness (QED) is 0.591. The molecule has 1 aromatic carbocycles. The summed E-state index contributed by atoms with van der Waals surface area (Å²) in [5.41, 5.74) is 1.69. The SMILES string of the molecule is CN1CCCCC1.Cc1nc(C#Cc2ccccc2)sc1C=O. The maximum atomic E-state index is 10.6. The van der Waals surface area contributed by atoms with Crippen molar-refractivity contribution in [3.05, 3.63) is 51.5 Å². The molecule has 0 N–H and O–H groups in total. The molecule has 0 spiro atoms. The van der Waals surface area contributed by atoms with Crippen molar-refractivity contribution in [2.45, 2.75) is 26.2 Å². The highest BCUT2D eigenvalue weighted by atomic mass is 32.1. The first kappa shape index (κ1) is 17.4. The number of piperidine rings is 1. The van der Waals surface area contributed by atoms with Gasteiger partial charge in [0.25, 0.3) is 0 Å². The van der Waals surface area contributed by atoms with Crippen LogP contribution >= 0.6 is 11.3 Å². The fourth-order valence-electron chi connectivity index (χ4n) is 2.27. The summed E-state index contributed by atoms with van der Waals surface area (Å²) in [7, 11) is 2.19. The monoisotopic (exact) mass is 326 g/mol. The van der Waals surface area contributed by atoms with Gasteiger partial charge < -0.3 is 4.90 Å². The van der Waals surface area contributed by atoms with E-state index in [1.165, 1.54) is 43.7 Å². The second-order valence-corrected chi connectivity index (χ2v) is 6.60. The van der Waals surface area contributed by atoms with Crippen LogP contribution < -0.4 is 0 Å². The van der Waals surface area contributed by atoms with E-state index in [2.05, 4.69) is 28.8 Å². The first-order valence-corrected chi connectivity index (χ1v) is 8.69. The fraction of sp³-hybridized carbons (Fsp3) is 0.368. The van der Waals surface area contributed by atoms with Gasteiger partial charge in [-0.1, -0.05) is 30.5 Å². The Morgan fingerprint density at radius 3 is 2.35 bits per heavy atom. The summed E-state index contributed by atoms with van der Waals surface area (Å²) in [6.45, 7) is 4.45. The van der Waals surface area contributed by atoms with Gasteiger partial charge in [-0.3, -0.25) is 4.79 Å². The van der Waals surface area contributed by atoms with Crippen LogP contribution in [0.2, 0.25) is 0 Å². The predicted octanol–water partition coefficient (Wildman–Crippen LogP) is 3.77. The third-order valence-corrected chi connectivity index (χ3v) is 4.60. The van der Waals surface area contributed by atoms with Gasteiger partial charge in [0.15, 0.2) is 11.3 Å². The standard InChI is InChI=1S/C13H9NOS.C6H13N/c1-10-12(9-15)16-13(14-10)8-7-11-5-3-2-4-6-11;1-7-5-3-2-4-6-7/h2-6,9H,1H3;2-6H2,1H3. The average molecular weight is 326 g/mol. The van der Waals surface area contributed by atoms with Crippen LogP contribution in [0, 0.1) is 18.8 Å². The zero-order chi connectivity index (χ0) is 16.5. The van der Waals surface area contributed by atoms with Crippen molar-refractivity contribution in [1.29, 1.82) is 0 Å². The number of aryl methyl sites for hydroxylation is 1. The number of carbonyl (C=O) groups excluding carboxylic acids is 1. The lowest BCUT2D eigenvalue weighted by molar-refractivity contribution is 0.112. The molecular formula is C19H22N2OS. The Hall–Kier alpha value is -1.96. The highest BCUT2D eigenvalue weighted by Crippen LogP contribution is 2.14. The Balaban J connectivity index is 0.000000229. The minimum atomic E-state index is 0.650. The molecule has 0 atom stereocenters. The van der Waals surface area contributed by atoms with Gasteiger partial charge in [0.2, 0.25) is 0 Å². The molecule has 3 nitrogen and oxygen atoms in total. The number of nitrogens with zero attached hydrogens (tertiary/aromatic N) is 2. The first-order chi connectivity index (χ1) is 11.2. The Morgan fingerprint density at radius 2 is 1.83 bits per heavy atom. The number of carbonyl (C=O) groups is 1. The van der Waals surface area contributed by atoms with Crippen LogP contribution in [0.25, 0.3) is 0 Å². The Labute approximate surface area is 142 Å². The lowest BCUT2D eigenvalue weighted by atomic mass is 10.1. The summed E-state index contributed by atoms with van der Waals surface area (Å²) in [5.74, 6) is 5.96. The molecule has 1 saturated heterocycles. The van der Waals surface area contributed by atoms with E-state index in [-0.39, 0.29) is 0 Å². The third-order valence-electron chi connectivity index (χ3n) is 3.61. The normalized spacial score (nSPS) is 14.2. The van der Waals surface area contributed by atoms with Crippen LogP contribution in [0.3, 0.4) is 0 Å². The lowest BCUT2D eigenvalue weighted by Gasteiger charge is -2.20. The van der Waals surface area contributed by atoms with E-state index < -0.39 is 0 Å². The molecule has 2 heterocycles.